The van der Waals surface area contributed by atoms with E-state index in [0.717, 1.165) is 18.2 Å². The largest absolute Gasteiger partial charge is 0.369 e. The number of piperazine rings is 1. The van der Waals surface area contributed by atoms with Gasteiger partial charge < -0.3 is 9.80 Å². The fourth-order valence-electron chi connectivity index (χ4n) is 3.92. The van der Waals surface area contributed by atoms with Crippen LogP contribution in [0.25, 0.3) is 0 Å². The Bertz CT molecular complexity index is 1120. The first-order valence-corrected chi connectivity index (χ1v) is 13.1. The first-order valence-electron chi connectivity index (χ1n) is 10.6. The van der Waals surface area contributed by atoms with Crippen molar-refractivity contribution in [1.29, 1.82) is 0 Å². The van der Waals surface area contributed by atoms with Gasteiger partial charge in [-0.15, -0.1) is 6.42 Å². The molecular weight excluding hydrogens is 510 g/mol. The van der Waals surface area contributed by atoms with Crippen LogP contribution in [0.4, 0.5) is 17.1 Å². The van der Waals surface area contributed by atoms with Gasteiger partial charge in [0.05, 0.1) is 16.2 Å². The lowest BCUT2D eigenvalue weighted by molar-refractivity contribution is -0.385. The number of rotatable bonds is 9. The molecule has 0 atom stereocenters. The summed E-state index contributed by atoms with van der Waals surface area (Å²) in [6.07, 6.45) is 9.85. The molecule has 0 aliphatic carbocycles. The summed E-state index contributed by atoms with van der Waals surface area (Å²) >= 11 is 3.41. The number of aromatic nitrogens is 1. The van der Waals surface area contributed by atoms with Gasteiger partial charge >= 0.3 is 0 Å². The molecule has 1 aromatic carbocycles. The van der Waals surface area contributed by atoms with Gasteiger partial charge in [0.1, 0.15) is 4.90 Å². The third-order valence-electron chi connectivity index (χ3n) is 5.47. The van der Waals surface area contributed by atoms with Crippen molar-refractivity contribution in [2.45, 2.75) is 18.2 Å². The quantitative estimate of drug-likeness (QED) is 0.210. The van der Waals surface area contributed by atoms with Crippen molar-refractivity contribution in [3.05, 3.63) is 52.3 Å². The summed E-state index contributed by atoms with van der Waals surface area (Å²) in [5.74, 6) is 2.47. The van der Waals surface area contributed by atoms with E-state index in [1.807, 2.05) is 24.0 Å². The minimum absolute atomic E-state index is 0.114. The van der Waals surface area contributed by atoms with E-state index in [-0.39, 0.29) is 29.2 Å². The molecule has 33 heavy (non-hydrogen) atoms. The van der Waals surface area contributed by atoms with Crippen molar-refractivity contribution in [2.75, 3.05) is 54.4 Å². The number of alkyl halides is 1. The third kappa shape index (κ3) is 5.46. The van der Waals surface area contributed by atoms with Gasteiger partial charge in [0.15, 0.2) is 0 Å². The smallest absolute Gasteiger partial charge is 0.272 e. The van der Waals surface area contributed by atoms with Crippen LogP contribution in [-0.2, 0) is 10.0 Å². The minimum Gasteiger partial charge on any atom is -0.369 e. The molecular formula is C22H26BrN5O4S. The fraction of sp³-hybridized carbons (Fsp3) is 0.409. The summed E-state index contributed by atoms with van der Waals surface area (Å²) < 4.78 is 28.9. The fourth-order valence-corrected chi connectivity index (χ4v) is 6.02. The number of terminal acetylenes is 1. The Balaban J connectivity index is 2.03. The Labute approximate surface area is 202 Å². The maximum absolute atomic E-state index is 13.8. The number of hydrogen-bond acceptors (Lipinski definition) is 7. The summed E-state index contributed by atoms with van der Waals surface area (Å²) in [5.41, 5.74) is 1.18. The molecule has 1 saturated heterocycles. The van der Waals surface area contributed by atoms with Crippen LogP contribution in [0.1, 0.15) is 18.9 Å². The third-order valence-corrected chi connectivity index (χ3v) is 7.74. The standard InChI is InChI=1S/C22H26BrN5O4S/c1-3-10-26(11-7-23)22-18(4-2)16-20(28(29)30)17-21(22)33(31,32)27-14-12-25(13-15-27)19-5-8-24-9-6-19/h2,5-6,8-9,16-17H,3,7,10-15H2,1H3. The Hall–Kier alpha value is -2.68. The molecule has 1 aliphatic rings. The Morgan fingerprint density at radius 1 is 1.21 bits per heavy atom. The van der Waals surface area contributed by atoms with Crippen LogP contribution in [-0.4, -0.2) is 67.2 Å². The first-order chi connectivity index (χ1) is 15.8. The lowest BCUT2D eigenvalue weighted by atomic mass is 10.1. The molecule has 0 bridgehead atoms. The van der Waals surface area contributed by atoms with Crippen molar-refractivity contribution in [3.8, 4) is 12.3 Å². The lowest BCUT2D eigenvalue weighted by Crippen LogP contribution is -2.49. The number of nitro groups is 1. The molecule has 0 amide bonds. The number of hydrogen-bond donors (Lipinski definition) is 0. The van der Waals surface area contributed by atoms with Gasteiger partial charge in [-0.05, 0) is 18.6 Å². The van der Waals surface area contributed by atoms with Crippen LogP contribution >= 0.6 is 15.9 Å². The van der Waals surface area contributed by atoms with Gasteiger partial charge in [0.25, 0.3) is 5.69 Å². The van der Waals surface area contributed by atoms with E-state index in [1.54, 1.807) is 12.4 Å². The highest BCUT2D eigenvalue weighted by molar-refractivity contribution is 9.09. The summed E-state index contributed by atoms with van der Waals surface area (Å²) in [7, 11) is -4.03. The molecule has 1 fully saturated rings. The van der Waals surface area contributed by atoms with E-state index in [0.29, 0.717) is 37.2 Å². The number of sulfonamides is 1. The van der Waals surface area contributed by atoms with E-state index in [1.165, 1.54) is 10.4 Å². The van der Waals surface area contributed by atoms with Crippen LogP contribution in [0, 0.1) is 22.5 Å². The Kier molecular flexibility index (Phi) is 8.29. The summed E-state index contributed by atoms with van der Waals surface area (Å²) in [5, 5.41) is 12.1. The Morgan fingerprint density at radius 3 is 2.42 bits per heavy atom. The number of non-ortho nitro benzene ring substituents is 1. The van der Waals surface area contributed by atoms with Crippen molar-refractivity contribution < 1.29 is 13.3 Å². The first kappa shape index (κ1) is 25.0. The van der Waals surface area contributed by atoms with Crippen molar-refractivity contribution in [2.24, 2.45) is 0 Å². The Morgan fingerprint density at radius 2 is 1.88 bits per heavy atom. The van der Waals surface area contributed by atoms with Gasteiger partial charge in [-0.2, -0.15) is 4.31 Å². The number of anilines is 2. The predicted octanol–water partition coefficient (Wildman–Crippen LogP) is 3.09. The molecule has 176 valence electrons. The van der Waals surface area contributed by atoms with Crippen LogP contribution < -0.4 is 9.80 Å². The molecule has 0 saturated carbocycles. The number of halogens is 1. The van der Waals surface area contributed by atoms with E-state index in [9.17, 15) is 18.5 Å². The van der Waals surface area contributed by atoms with Crippen LogP contribution in [0.15, 0.2) is 41.6 Å². The average Bonchev–Trinajstić information content (AvgIpc) is 2.83. The summed E-state index contributed by atoms with van der Waals surface area (Å²) in [6.45, 7) is 4.56. The molecule has 2 heterocycles. The minimum atomic E-state index is -4.03. The van der Waals surface area contributed by atoms with E-state index in [2.05, 4.69) is 31.7 Å². The average molecular weight is 536 g/mol. The molecule has 0 N–H and O–H groups in total. The monoisotopic (exact) mass is 535 g/mol. The van der Waals surface area contributed by atoms with Gasteiger partial charge in [-0.25, -0.2) is 8.42 Å². The van der Waals surface area contributed by atoms with E-state index < -0.39 is 14.9 Å². The zero-order valence-corrected chi connectivity index (χ0v) is 20.8. The summed E-state index contributed by atoms with van der Waals surface area (Å²) in [6, 6.07) is 6.17. The van der Waals surface area contributed by atoms with Crippen LogP contribution in [0.2, 0.25) is 0 Å². The van der Waals surface area contributed by atoms with Crippen molar-refractivity contribution >= 4 is 43.0 Å². The van der Waals surface area contributed by atoms with Crippen LogP contribution in [0.3, 0.4) is 0 Å². The van der Waals surface area contributed by atoms with Gasteiger partial charge in [0.2, 0.25) is 10.0 Å². The second-order valence-corrected chi connectivity index (χ2v) is 10.2. The zero-order chi connectivity index (χ0) is 24.0. The molecule has 0 spiro atoms. The highest BCUT2D eigenvalue weighted by Gasteiger charge is 2.34. The molecule has 0 unspecified atom stereocenters. The van der Waals surface area contributed by atoms with Gasteiger partial charge in [-0.3, -0.25) is 15.1 Å². The molecule has 0 radical (unpaired) electrons. The highest BCUT2D eigenvalue weighted by atomic mass is 79.9. The molecule has 1 aliphatic heterocycles. The normalized spacial score (nSPS) is 14.6. The number of nitro benzene ring substituents is 1. The SMILES string of the molecule is C#Cc1cc([N+](=O)[O-])cc(S(=O)(=O)N2CCN(c3ccncc3)CC2)c1N(CCC)CCBr. The second kappa shape index (κ2) is 11.0. The summed E-state index contributed by atoms with van der Waals surface area (Å²) in [4.78, 5) is 18.8. The molecule has 9 nitrogen and oxygen atoms in total. The van der Waals surface area contributed by atoms with Crippen molar-refractivity contribution in [3.63, 3.8) is 0 Å². The second-order valence-electron chi connectivity index (χ2n) is 7.51. The molecule has 1 aromatic heterocycles. The molecule has 11 heteroatoms. The van der Waals surface area contributed by atoms with Gasteiger partial charge in [-0.1, -0.05) is 28.8 Å². The topological polar surface area (TPSA) is 99.9 Å². The predicted molar refractivity (Wildman–Crippen MR) is 133 cm³/mol. The maximum atomic E-state index is 13.8. The maximum Gasteiger partial charge on any atom is 0.272 e. The molecule has 2 aromatic rings. The number of pyridine rings is 1. The number of nitrogens with zero attached hydrogens (tertiary/aromatic N) is 5. The van der Waals surface area contributed by atoms with Gasteiger partial charge in [0, 0.05) is 74.8 Å². The lowest BCUT2D eigenvalue weighted by Gasteiger charge is -2.36. The van der Waals surface area contributed by atoms with Crippen molar-refractivity contribution in [1.82, 2.24) is 9.29 Å². The highest BCUT2D eigenvalue weighted by Crippen LogP contribution is 2.36. The van der Waals surface area contributed by atoms with E-state index >= 15 is 0 Å². The molecule has 3 rings (SSSR count). The van der Waals surface area contributed by atoms with E-state index in [4.69, 9.17) is 6.42 Å². The number of benzene rings is 1. The van der Waals surface area contributed by atoms with Crippen LogP contribution in [0.5, 0.6) is 0 Å². The zero-order valence-electron chi connectivity index (χ0n) is 18.4.